The highest BCUT2D eigenvalue weighted by atomic mass is 16.5. The summed E-state index contributed by atoms with van der Waals surface area (Å²) in [7, 11) is 2.04. The summed E-state index contributed by atoms with van der Waals surface area (Å²) in [6.45, 7) is 5.48. The molecule has 0 spiro atoms. The van der Waals surface area contributed by atoms with Gasteiger partial charge in [-0.1, -0.05) is 31.2 Å². The van der Waals surface area contributed by atoms with Crippen molar-refractivity contribution in [2.45, 2.75) is 33.2 Å². The number of ether oxygens (including phenoxy) is 1. The fraction of sp³-hybridized carbons (Fsp3) is 0.296. The second-order valence-corrected chi connectivity index (χ2v) is 8.43. The Labute approximate surface area is 199 Å². The van der Waals surface area contributed by atoms with Crippen LogP contribution in [0.3, 0.4) is 0 Å². The van der Waals surface area contributed by atoms with Gasteiger partial charge in [-0.05, 0) is 49.6 Å². The maximum absolute atomic E-state index is 11.0. The van der Waals surface area contributed by atoms with E-state index in [0.717, 1.165) is 58.8 Å². The molecule has 34 heavy (non-hydrogen) atoms. The van der Waals surface area contributed by atoms with Gasteiger partial charge in [-0.3, -0.25) is 4.79 Å². The van der Waals surface area contributed by atoms with Crippen LogP contribution in [0.15, 0.2) is 60.9 Å². The molecule has 7 heteroatoms. The first-order valence-corrected chi connectivity index (χ1v) is 11.5. The van der Waals surface area contributed by atoms with Crippen LogP contribution in [0.1, 0.15) is 24.5 Å². The predicted octanol–water partition coefficient (Wildman–Crippen LogP) is 4.96. The van der Waals surface area contributed by atoms with Crippen molar-refractivity contribution < 1.29 is 14.6 Å². The lowest BCUT2D eigenvalue weighted by molar-refractivity contribution is -0.137. The molecule has 0 bridgehead atoms. The van der Waals surface area contributed by atoms with Gasteiger partial charge in [-0.25, -0.2) is 9.97 Å². The minimum absolute atomic E-state index is 0.0513. The van der Waals surface area contributed by atoms with Gasteiger partial charge in [0, 0.05) is 48.0 Å². The summed E-state index contributed by atoms with van der Waals surface area (Å²) in [5.74, 6) is 1.57. The van der Waals surface area contributed by atoms with E-state index in [1.54, 1.807) is 10.8 Å². The molecule has 0 unspecified atom stereocenters. The molecule has 4 rings (SSSR count). The Morgan fingerprint density at radius 2 is 1.94 bits per heavy atom. The van der Waals surface area contributed by atoms with Crippen molar-refractivity contribution in [3.8, 4) is 17.1 Å². The number of carboxylic acid groups (broad SMARTS) is 1. The lowest BCUT2D eigenvalue weighted by Crippen LogP contribution is -2.22. The Morgan fingerprint density at radius 3 is 2.68 bits per heavy atom. The number of carboxylic acids is 1. The average Bonchev–Trinajstić information content (AvgIpc) is 3.23. The van der Waals surface area contributed by atoms with Crippen LogP contribution in [-0.2, 0) is 17.8 Å². The summed E-state index contributed by atoms with van der Waals surface area (Å²) >= 11 is 0. The molecule has 0 saturated carbocycles. The van der Waals surface area contributed by atoms with Crippen molar-refractivity contribution in [2.24, 2.45) is 0 Å². The standard InChI is InChI=1S/C27H30N4O3/c1-4-20-6-8-21(9-7-20)26-28-17-19(2)27(29-26)30(3)13-5-15-34-23-10-11-24-22(16-23)12-14-31(24)18-25(32)33/h6-12,14,16-17H,4-5,13,15,18H2,1-3H3,(H,32,33). The lowest BCUT2D eigenvalue weighted by atomic mass is 10.1. The molecule has 2 aromatic heterocycles. The minimum atomic E-state index is -0.859. The highest BCUT2D eigenvalue weighted by Crippen LogP contribution is 2.24. The lowest BCUT2D eigenvalue weighted by Gasteiger charge is -2.20. The molecule has 0 aliphatic rings. The van der Waals surface area contributed by atoms with E-state index in [1.165, 1.54) is 5.56 Å². The van der Waals surface area contributed by atoms with Crippen LogP contribution in [0.5, 0.6) is 5.75 Å². The van der Waals surface area contributed by atoms with Crippen molar-refractivity contribution in [3.63, 3.8) is 0 Å². The molecule has 176 valence electrons. The molecule has 0 atom stereocenters. The number of carbonyl (C=O) groups is 1. The summed E-state index contributed by atoms with van der Waals surface area (Å²) in [5, 5.41) is 9.99. The quantitative estimate of drug-likeness (QED) is 0.338. The molecule has 2 heterocycles. The Morgan fingerprint density at radius 1 is 1.15 bits per heavy atom. The van der Waals surface area contributed by atoms with Crippen LogP contribution in [0.25, 0.3) is 22.3 Å². The van der Waals surface area contributed by atoms with E-state index in [0.29, 0.717) is 6.61 Å². The monoisotopic (exact) mass is 458 g/mol. The first kappa shape index (κ1) is 23.3. The Hall–Kier alpha value is -3.87. The van der Waals surface area contributed by atoms with Crippen LogP contribution < -0.4 is 9.64 Å². The summed E-state index contributed by atoms with van der Waals surface area (Å²) in [6.07, 6.45) is 5.51. The van der Waals surface area contributed by atoms with Crippen LogP contribution in [-0.4, -0.2) is 45.8 Å². The van der Waals surface area contributed by atoms with Gasteiger partial charge in [0.05, 0.1) is 6.61 Å². The van der Waals surface area contributed by atoms with Gasteiger partial charge >= 0.3 is 5.97 Å². The molecule has 0 radical (unpaired) electrons. The predicted molar refractivity (Wildman–Crippen MR) is 135 cm³/mol. The van der Waals surface area contributed by atoms with E-state index in [-0.39, 0.29) is 6.54 Å². The zero-order valence-corrected chi connectivity index (χ0v) is 19.9. The molecule has 0 fully saturated rings. The number of hydrogen-bond acceptors (Lipinski definition) is 5. The summed E-state index contributed by atoms with van der Waals surface area (Å²) in [6, 6.07) is 16.0. The Bertz CT molecular complexity index is 1280. The number of rotatable bonds is 10. The van der Waals surface area contributed by atoms with Crippen LogP contribution in [0.2, 0.25) is 0 Å². The smallest absolute Gasteiger partial charge is 0.323 e. The van der Waals surface area contributed by atoms with Crippen molar-refractivity contribution >= 4 is 22.7 Å². The largest absolute Gasteiger partial charge is 0.494 e. The van der Waals surface area contributed by atoms with Crippen molar-refractivity contribution in [1.29, 1.82) is 0 Å². The second-order valence-electron chi connectivity index (χ2n) is 8.43. The molecule has 0 saturated heterocycles. The molecular weight excluding hydrogens is 428 g/mol. The third-order valence-corrected chi connectivity index (χ3v) is 5.88. The highest BCUT2D eigenvalue weighted by Gasteiger charge is 2.11. The van der Waals surface area contributed by atoms with Gasteiger partial charge in [0.1, 0.15) is 18.1 Å². The fourth-order valence-electron chi connectivity index (χ4n) is 4.00. The van der Waals surface area contributed by atoms with Gasteiger partial charge in [0.15, 0.2) is 5.82 Å². The molecule has 0 aliphatic heterocycles. The number of aryl methyl sites for hydroxylation is 2. The third-order valence-electron chi connectivity index (χ3n) is 5.88. The van der Waals surface area contributed by atoms with E-state index in [4.69, 9.17) is 14.8 Å². The second kappa shape index (κ2) is 10.4. The van der Waals surface area contributed by atoms with Crippen LogP contribution in [0, 0.1) is 6.92 Å². The van der Waals surface area contributed by atoms with E-state index in [1.807, 2.05) is 44.4 Å². The molecule has 4 aromatic rings. The summed E-state index contributed by atoms with van der Waals surface area (Å²) in [4.78, 5) is 22.5. The maximum Gasteiger partial charge on any atom is 0.323 e. The number of fused-ring (bicyclic) bond motifs is 1. The van der Waals surface area contributed by atoms with Gasteiger partial charge in [-0.15, -0.1) is 0 Å². The van der Waals surface area contributed by atoms with Crippen molar-refractivity contribution in [3.05, 3.63) is 72.1 Å². The van der Waals surface area contributed by atoms with Crippen molar-refractivity contribution in [2.75, 3.05) is 25.1 Å². The number of anilines is 1. The number of aliphatic carboxylic acids is 1. The van der Waals surface area contributed by atoms with Gasteiger partial charge in [0.25, 0.3) is 0 Å². The van der Waals surface area contributed by atoms with Gasteiger partial charge < -0.3 is 19.3 Å². The molecule has 7 nitrogen and oxygen atoms in total. The molecule has 0 amide bonds. The zero-order valence-electron chi connectivity index (χ0n) is 19.9. The maximum atomic E-state index is 11.0. The first-order valence-electron chi connectivity index (χ1n) is 11.5. The van der Waals surface area contributed by atoms with E-state index >= 15 is 0 Å². The van der Waals surface area contributed by atoms with Gasteiger partial charge in [-0.2, -0.15) is 0 Å². The Balaban J connectivity index is 1.34. The van der Waals surface area contributed by atoms with Gasteiger partial charge in [0.2, 0.25) is 0 Å². The SMILES string of the molecule is CCc1ccc(-c2ncc(C)c(N(C)CCCOc3ccc4c(ccn4CC(=O)O)c3)n2)cc1. The van der Waals surface area contributed by atoms with Crippen LogP contribution in [0.4, 0.5) is 5.82 Å². The molecule has 0 aliphatic carbocycles. The van der Waals surface area contributed by atoms with E-state index in [9.17, 15) is 4.79 Å². The normalized spacial score (nSPS) is 11.0. The summed E-state index contributed by atoms with van der Waals surface area (Å²) in [5.41, 5.74) is 4.23. The van der Waals surface area contributed by atoms with E-state index < -0.39 is 5.97 Å². The first-order chi connectivity index (χ1) is 16.4. The fourth-order valence-corrected chi connectivity index (χ4v) is 4.00. The zero-order chi connectivity index (χ0) is 24.1. The topological polar surface area (TPSA) is 80.5 Å². The number of hydrogen-bond donors (Lipinski definition) is 1. The molecular formula is C27H30N4O3. The third kappa shape index (κ3) is 5.36. The highest BCUT2D eigenvalue weighted by molar-refractivity contribution is 5.83. The van der Waals surface area contributed by atoms with Crippen LogP contribution >= 0.6 is 0 Å². The average molecular weight is 459 g/mol. The van der Waals surface area contributed by atoms with E-state index in [2.05, 4.69) is 41.1 Å². The number of aromatic nitrogens is 3. The molecule has 2 aromatic carbocycles. The minimum Gasteiger partial charge on any atom is -0.494 e. The molecule has 1 N–H and O–H groups in total. The number of benzene rings is 2. The Kier molecular flexibility index (Phi) is 7.11. The number of nitrogens with zero attached hydrogens (tertiary/aromatic N) is 4. The summed E-state index contributed by atoms with van der Waals surface area (Å²) < 4.78 is 7.67. The van der Waals surface area contributed by atoms with Crippen molar-refractivity contribution in [1.82, 2.24) is 14.5 Å².